The number of hydrogen-bond donors (Lipinski definition) is 2. The predicted molar refractivity (Wildman–Crippen MR) is 103 cm³/mol. The molecule has 0 aliphatic carbocycles. The van der Waals surface area contributed by atoms with Gasteiger partial charge >= 0.3 is 0 Å². The van der Waals surface area contributed by atoms with E-state index >= 15 is 0 Å². The van der Waals surface area contributed by atoms with Crippen LogP contribution in [0.4, 0.5) is 11.4 Å². The van der Waals surface area contributed by atoms with Crippen LogP contribution < -0.4 is 34.3 Å². The van der Waals surface area contributed by atoms with E-state index in [1.807, 2.05) is 0 Å². The molecule has 1 amide bonds. The summed E-state index contributed by atoms with van der Waals surface area (Å²) >= 11 is 0. The van der Waals surface area contributed by atoms with Crippen LogP contribution >= 0.6 is 0 Å². The second-order valence-electron chi connectivity index (χ2n) is 5.39. The van der Waals surface area contributed by atoms with Gasteiger partial charge in [-0.15, -0.1) is 0 Å². The molecule has 0 radical (unpaired) electrons. The summed E-state index contributed by atoms with van der Waals surface area (Å²) in [5.74, 6) is 2.33. The van der Waals surface area contributed by atoms with Crippen LogP contribution in [0.25, 0.3) is 0 Å². The summed E-state index contributed by atoms with van der Waals surface area (Å²) in [6, 6.07) is 8.64. The topological polar surface area (TPSA) is 87.3 Å². The summed E-state index contributed by atoms with van der Waals surface area (Å²) in [7, 11) is 7.67. The van der Waals surface area contributed by atoms with Gasteiger partial charge in [0.25, 0.3) is 0 Å². The van der Waals surface area contributed by atoms with Gasteiger partial charge in [-0.2, -0.15) is 0 Å². The summed E-state index contributed by atoms with van der Waals surface area (Å²) < 4.78 is 26.3. The fourth-order valence-electron chi connectivity index (χ4n) is 2.49. The molecule has 8 heteroatoms. The van der Waals surface area contributed by atoms with Gasteiger partial charge in [0.2, 0.25) is 11.7 Å². The summed E-state index contributed by atoms with van der Waals surface area (Å²) in [5, 5.41) is 5.83. The molecular formula is C19H24N2O6. The first-order chi connectivity index (χ1) is 13.1. The Labute approximate surface area is 158 Å². The van der Waals surface area contributed by atoms with Crippen molar-refractivity contribution in [2.24, 2.45) is 0 Å². The van der Waals surface area contributed by atoms with Crippen molar-refractivity contribution in [1.29, 1.82) is 0 Å². The summed E-state index contributed by atoms with van der Waals surface area (Å²) in [6.07, 6.45) is 0. The lowest BCUT2D eigenvalue weighted by Gasteiger charge is -2.15. The first kappa shape index (κ1) is 20.0. The fraction of sp³-hybridized carbons (Fsp3) is 0.316. The Kier molecular flexibility index (Phi) is 6.99. The molecule has 2 aromatic rings. The number of amides is 1. The van der Waals surface area contributed by atoms with Gasteiger partial charge in [0, 0.05) is 29.6 Å². The summed E-state index contributed by atoms with van der Waals surface area (Å²) in [6.45, 7) is 0.0617. The molecular weight excluding hydrogens is 352 g/mol. The third-order valence-electron chi connectivity index (χ3n) is 3.79. The van der Waals surface area contributed by atoms with Crippen molar-refractivity contribution in [3.05, 3.63) is 30.3 Å². The van der Waals surface area contributed by atoms with E-state index in [9.17, 15) is 4.79 Å². The van der Waals surface area contributed by atoms with E-state index in [4.69, 9.17) is 23.7 Å². The average Bonchev–Trinajstić information content (AvgIpc) is 2.70. The lowest BCUT2D eigenvalue weighted by Crippen LogP contribution is -2.21. The van der Waals surface area contributed by atoms with Crippen LogP contribution in [0.2, 0.25) is 0 Å². The highest BCUT2D eigenvalue weighted by Gasteiger charge is 2.14. The van der Waals surface area contributed by atoms with E-state index in [1.54, 1.807) is 44.6 Å². The van der Waals surface area contributed by atoms with Crippen molar-refractivity contribution in [3.63, 3.8) is 0 Å². The molecule has 0 aliphatic heterocycles. The Morgan fingerprint density at radius 1 is 0.741 bits per heavy atom. The quantitative estimate of drug-likeness (QED) is 0.696. The van der Waals surface area contributed by atoms with Crippen LogP contribution in [0.5, 0.6) is 28.7 Å². The number of rotatable bonds is 9. The molecule has 0 bridgehead atoms. The van der Waals surface area contributed by atoms with Crippen LogP contribution in [0, 0.1) is 0 Å². The maximum absolute atomic E-state index is 12.3. The van der Waals surface area contributed by atoms with E-state index in [0.717, 1.165) is 5.69 Å². The van der Waals surface area contributed by atoms with Crippen LogP contribution in [0.3, 0.4) is 0 Å². The molecule has 0 aromatic heterocycles. The fourth-order valence-corrected chi connectivity index (χ4v) is 2.49. The highest BCUT2D eigenvalue weighted by molar-refractivity contribution is 5.94. The number of benzene rings is 2. The van der Waals surface area contributed by atoms with Gasteiger partial charge in [0.05, 0.1) is 42.1 Å². The van der Waals surface area contributed by atoms with Crippen molar-refractivity contribution in [2.75, 3.05) is 52.7 Å². The van der Waals surface area contributed by atoms with E-state index in [-0.39, 0.29) is 12.5 Å². The molecule has 2 rings (SSSR count). The zero-order valence-corrected chi connectivity index (χ0v) is 16.0. The van der Waals surface area contributed by atoms with Crippen molar-refractivity contribution >= 4 is 17.3 Å². The molecule has 2 aromatic carbocycles. The monoisotopic (exact) mass is 376 g/mol. The van der Waals surface area contributed by atoms with Gasteiger partial charge in [0.15, 0.2) is 23.0 Å². The molecule has 27 heavy (non-hydrogen) atoms. The number of carbonyl (C=O) groups is 1. The minimum atomic E-state index is -0.237. The maximum atomic E-state index is 12.3. The number of hydrogen-bond acceptors (Lipinski definition) is 7. The van der Waals surface area contributed by atoms with Crippen molar-refractivity contribution in [1.82, 2.24) is 0 Å². The highest BCUT2D eigenvalue weighted by Crippen LogP contribution is 2.39. The molecule has 2 N–H and O–H groups in total. The smallest absolute Gasteiger partial charge is 0.243 e. The SMILES string of the molecule is COc1ccc(NCC(=O)Nc2cc(OC)c(OC)c(OC)c2)cc1OC. The first-order valence-electron chi connectivity index (χ1n) is 8.12. The minimum absolute atomic E-state index is 0.0617. The molecule has 0 atom stereocenters. The second-order valence-corrected chi connectivity index (χ2v) is 5.39. The predicted octanol–water partition coefficient (Wildman–Crippen LogP) is 2.78. The Hall–Kier alpha value is -3.29. The lowest BCUT2D eigenvalue weighted by molar-refractivity contribution is -0.114. The lowest BCUT2D eigenvalue weighted by atomic mass is 10.2. The first-order valence-corrected chi connectivity index (χ1v) is 8.12. The third kappa shape index (κ3) is 4.87. The molecule has 0 spiro atoms. The van der Waals surface area contributed by atoms with Crippen LogP contribution in [-0.4, -0.2) is 48.0 Å². The largest absolute Gasteiger partial charge is 0.493 e. The summed E-state index contributed by atoms with van der Waals surface area (Å²) in [5.41, 5.74) is 1.26. The van der Waals surface area contributed by atoms with E-state index < -0.39 is 0 Å². The molecule has 0 saturated heterocycles. The minimum Gasteiger partial charge on any atom is -0.493 e. The zero-order valence-electron chi connectivity index (χ0n) is 16.0. The molecule has 146 valence electrons. The van der Waals surface area contributed by atoms with Gasteiger partial charge in [-0.05, 0) is 12.1 Å². The van der Waals surface area contributed by atoms with E-state index in [2.05, 4.69) is 10.6 Å². The van der Waals surface area contributed by atoms with E-state index in [1.165, 1.54) is 21.3 Å². The zero-order chi connectivity index (χ0) is 19.8. The molecule has 0 heterocycles. The van der Waals surface area contributed by atoms with Crippen molar-refractivity contribution < 1.29 is 28.5 Å². The third-order valence-corrected chi connectivity index (χ3v) is 3.79. The average molecular weight is 376 g/mol. The standard InChI is InChI=1S/C19H24N2O6/c1-23-14-7-6-12(8-15(14)24-2)20-11-18(22)21-13-9-16(25-3)19(27-5)17(10-13)26-4/h6-10,20H,11H2,1-5H3,(H,21,22). The number of methoxy groups -OCH3 is 5. The van der Waals surface area contributed by atoms with Crippen LogP contribution in [0.15, 0.2) is 30.3 Å². The second kappa shape index (κ2) is 9.42. The highest BCUT2D eigenvalue weighted by atomic mass is 16.5. The van der Waals surface area contributed by atoms with Gasteiger partial charge < -0.3 is 34.3 Å². The summed E-state index contributed by atoms with van der Waals surface area (Å²) in [4.78, 5) is 12.3. The Morgan fingerprint density at radius 3 is 1.81 bits per heavy atom. The van der Waals surface area contributed by atoms with Gasteiger partial charge in [0.1, 0.15) is 0 Å². The van der Waals surface area contributed by atoms with Gasteiger partial charge in [-0.25, -0.2) is 0 Å². The van der Waals surface area contributed by atoms with Crippen molar-refractivity contribution in [3.8, 4) is 28.7 Å². The van der Waals surface area contributed by atoms with Crippen LogP contribution in [0.1, 0.15) is 0 Å². The van der Waals surface area contributed by atoms with Gasteiger partial charge in [-0.1, -0.05) is 0 Å². The number of ether oxygens (including phenoxy) is 5. The van der Waals surface area contributed by atoms with E-state index in [0.29, 0.717) is 34.4 Å². The maximum Gasteiger partial charge on any atom is 0.243 e. The molecule has 0 unspecified atom stereocenters. The molecule has 8 nitrogen and oxygen atoms in total. The molecule has 0 fully saturated rings. The van der Waals surface area contributed by atoms with Crippen LogP contribution in [-0.2, 0) is 4.79 Å². The number of carbonyl (C=O) groups excluding carboxylic acids is 1. The van der Waals surface area contributed by atoms with Gasteiger partial charge in [-0.3, -0.25) is 4.79 Å². The van der Waals surface area contributed by atoms with Crippen molar-refractivity contribution in [2.45, 2.75) is 0 Å². The molecule has 0 aliphatic rings. The Morgan fingerprint density at radius 2 is 1.30 bits per heavy atom. The number of nitrogens with one attached hydrogen (secondary N) is 2. The normalized spacial score (nSPS) is 9.96. The number of anilines is 2. The Bertz CT molecular complexity index is 769. The Balaban J connectivity index is 2.06. The molecule has 0 saturated carbocycles.